The van der Waals surface area contributed by atoms with Gasteiger partial charge in [-0.25, -0.2) is 13.4 Å². The highest BCUT2D eigenvalue weighted by Crippen LogP contribution is 2.22. The maximum Gasteiger partial charge on any atom is 0.280 e. The highest BCUT2D eigenvalue weighted by molar-refractivity contribution is 7.92. The standard InChI is InChI=1S/C33H36N6O6S/c1-33(2,36-20-30(40)25-7-6-8-26(17-25)38-46(43,44)28-9-4-3-5-10-28)15-16-39-21-29(35-22-39)23-11-13-24(14-12-23)32(42)34-19-27-18-31(41)37-45-27/h3-14,17-18,21-22,30,36,38,40H,15-16,19-20H2,1-2H3,(H,34,42)(H,37,41)/t30-/m1/s1. The van der Waals surface area contributed by atoms with Crippen LogP contribution in [-0.2, 0) is 23.1 Å². The number of amides is 1. The van der Waals surface area contributed by atoms with E-state index in [4.69, 9.17) is 4.52 Å². The van der Waals surface area contributed by atoms with Crippen LogP contribution in [0, 0.1) is 0 Å². The highest BCUT2D eigenvalue weighted by atomic mass is 32.2. The summed E-state index contributed by atoms with van der Waals surface area (Å²) in [6.45, 7) is 5.15. The number of aliphatic hydroxyl groups excluding tert-OH is 1. The van der Waals surface area contributed by atoms with Gasteiger partial charge in [0.15, 0.2) is 5.76 Å². The van der Waals surface area contributed by atoms with Gasteiger partial charge >= 0.3 is 0 Å². The van der Waals surface area contributed by atoms with Crippen molar-refractivity contribution in [3.05, 3.63) is 125 Å². The lowest BCUT2D eigenvalue weighted by atomic mass is 9.99. The Bertz CT molecular complexity index is 1930. The molecule has 240 valence electrons. The normalized spacial score (nSPS) is 12.5. The number of rotatable bonds is 14. The van der Waals surface area contributed by atoms with Gasteiger partial charge in [-0.05, 0) is 62.2 Å². The first-order chi connectivity index (χ1) is 22.0. The summed E-state index contributed by atoms with van der Waals surface area (Å²) in [5, 5.41) is 19.2. The molecule has 5 N–H and O–H groups in total. The van der Waals surface area contributed by atoms with Gasteiger partial charge in [0, 0.05) is 47.7 Å². The number of hydrogen-bond donors (Lipinski definition) is 5. The van der Waals surface area contributed by atoms with Gasteiger partial charge in [-0.2, -0.15) is 5.16 Å². The minimum atomic E-state index is -3.74. The first-order valence-electron chi connectivity index (χ1n) is 14.7. The molecule has 0 unspecified atom stereocenters. The summed E-state index contributed by atoms with van der Waals surface area (Å²) < 4.78 is 34.9. The predicted octanol–water partition coefficient (Wildman–Crippen LogP) is 4.05. The molecule has 0 spiro atoms. The topological polar surface area (TPSA) is 171 Å². The van der Waals surface area contributed by atoms with Crippen LogP contribution in [-0.4, -0.2) is 46.2 Å². The number of aromatic nitrogens is 3. The Kier molecular flexibility index (Phi) is 9.85. The zero-order valence-corrected chi connectivity index (χ0v) is 26.3. The van der Waals surface area contributed by atoms with Crippen LogP contribution in [0.1, 0.15) is 48.1 Å². The van der Waals surface area contributed by atoms with E-state index < -0.39 is 16.1 Å². The van der Waals surface area contributed by atoms with Gasteiger partial charge in [0.1, 0.15) is 0 Å². The van der Waals surface area contributed by atoms with Crippen LogP contribution in [0.5, 0.6) is 0 Å². The van der Waals surface area contributed by atoms with E-state index in [-0.39, 0.29) is 35.0 Å². The molecule has 1 amide bonds. The highest BCUT2D eigenvalue weighted by Gasteiger charge is 2.20. The summed E-state index contributed by atoms with van der Waals surface area (Å²) in [4.78, 5) is 28.3. The van der Waals surface area contributed by atoms with Gasteiger partial charge in [-0.3, -0.25) is 14.3 Å². The Balaban J connectivity index is 1.10. The molecule has 0 aliphatic heterocycles. The van der Waals surface area contributed by atoms with Gasteiger partial charge < -0.3 is 24.8 Å². The average molecular weight is 645 g/mol. The number of carbonyl (C=O) groups is 1. The number of sulfonamides is 1. The smallest absolute Gasteiger partial charge is 0.280 e. The molecule has 12 nitrogen and oxygen atoms in total. The van der Waals surface area contributed by atoms with Crippen molar-refractivity contribution in [1.82, 2.24) is 25.3 Å². The zero-order chi connectivity index (χ0) is 32.7. The Morgan fingerprint density at radius 3 is 2.52 bits per heavy atom. The minimum Gasteiger partial charge on any atom is -0.387 e. The third kappa shape index (κ3) is 8.59. The molecule has 0 saturated carbocycles. The number of benzene rings is 3. The second kappa shape index (κ2) is 14.0. The fourth-order valence-electron chi connectivity index (χ4n) is 4.71. The molecule has 1 atom stereocenters. The second-order valence-electron chi connectivity index (χ2n) is 11.5. The Morgan fingerprint density at radius 1 is 1.04 bits per heavy atom. The van der Waals surface area contributed by atoms with Crippen LogP contribution < -0.4 is 20.9 Å². The van der Waals surface area contributed by atoms with Crippen LogP contribution in [0.3, 0.4) is 0 Å². The predicted molar refractivity (Wildman–Crippen MR) is 174 cm³/mol. The Morgan fingerprint density at radius 2 is 1.80 bits per heavy atom. The number of aryl methyl sites for hydroxylation is 1. The third-order valence-electron chi connectivity index (χ3n) is 7.42. The van der Waals surface area contributed by atoms with Crippen LogP contribution in [0.15, 0.2) is 112 Å². The van der Waals surface area contributed by atoms with Crippen LogP contribution >= 0.6 is 0 Å². The van der Waals surface area contributed by atoms with Crippen LogP contribution in [0.25, 0.3) is 11.3 Å². The summed E-state index contributed by atoms with van der Waals surface area (Å²) >= 11 is 0. The van der Waals surface area contributed by atoms with E-state index in [1.807, 2.05) is 22.9 Å². The first kappa shape index (κ1) is 32.4. The number of imidazole rings is 1. The number of aliphatic hydroxyl groups is 1. The van der Waals surface area contributed by atoms with Crippen molar-refractivity contribution in [3.8, 4) is 11.3 Å². The molecule has 13 heteroatoms. The molecule has 2 heterocycles. The number of carbonyl (C=O) groups excluding carboxylic acids is 1. The van der Waals surface area contributed by atoms with E-state index >= 15 is 0 Å². The van der Waals surface area contributed by atoms with E-state index in [1.54, 1.807) is 60.9 Å². The number of anilines is 1. The van der Waals surface area contributed by atoms with Gasteiger partial charge in [0.25, 0.3) is 21.5 Å². The first-order valence-corrected chi connectivity index (χ1v) is 16.1. The van der Waals surface area contributed by atoms with Crippen molar-refractivity contribution in [3.63, 3.8) is 0 Å². The molecule has 46 heavy (non-hydrogen) atoms. The van der Waals surface area contributed by atoms with Gasteiger partial charge in [0.2, 0.25) is 0 Å². The van der Waals surface area contributed by atoms with Gasteiger partial charge in [0.05, 0.1) is 29.6 Å². The number of β-amino-alcohol motifs (C(OH)–C–C–N with tert-alkyl or cyclic N) is 1. The SMILES string of the molecule is CC(C)(CCn1cnc(-c2ccc(C(=O)NCc3cc(=O)[nH]o3)cc2)c1)NC[C@@H](O)c1cccc(NS(=O)(=O)c2ccccc2)c1. The monoisotopic (exact) mass is 644 g/mol. The molecule has 0 bridgehead atoms. The molecular weight excluding hydrogens is 608 g/mol. The fourth-order valence-corrected chi connectivity index (χ4v) is 5.78. The molecule has 3 aromatic carbocycles. The molecule has 2 aromatic heterocycles. The van der Waals surface area contributed by atoms with Crippen molar-refractivity contribution in [2.24, 2.45) is 0 Å². The van der Waals surface area contributed by atoms with E-state index in [0.717, 1.165) is 17.7 Å². The number of H-pyrrole nitrogens is 1. The quantitative estimate of drug-likeness (QED) is 0.121. The number of aromatic amines is 1. The summed E-state index contributed by atoms with van der Waals surface area (Å²) in [6.07, 6.45) is 3.59. The van der Waals surface area contributed by atoms with Crippen molar-refractivity contribution < 1.29 is 22.8 Å². The van der Waals surface area contributed by atoms with Crippen molar-refractivity contribution >= 4 is 21.6 Å². The lowest BCUT2D eigenvalue weighted by molar-refractivity contribution is 0.0947. The second-order valence-corrected chi connectivity index (χ2v) is 13.2. The van der Waals surface area contributed by atoms with E-state index in [1.165, 1.54) is 18.2 Å². The lowest BCUT2D eigenvalue weighted by Crippen LogP contribution is -2.42. The number of nitrogens with zero attached hydrogens (tertiary/aromatic N) is 2. The summed E-state index contributed by atoms with van der Waals surface area (Å²) in [6, 6.07) is 23.2. The largest absolute Gasteiger partial charge is 0.387 e. The molecule has 5 rings (SSSR count). The zero-order valence-electron chi connectivity index (χ0n) is 25.4. The van der Waals surface area contributed by atoms with E-state index in [9.17, 15) is 23.1 Å². The van der Waals surface area contributed by atoms with E-state index in [2.05, 4.69) is 39.3 Å². The molecule has 0 aliphatic carbocycles. The van der Waals surface area contributed by atoms with Gasteiger partial charge in [-0.1, -0.05) is 42.5 Å². The minimum absolute atomic E-state index is 0.0974. The van der Waals surface area contributed by atoms with Crippen molar-refractivity contribution in [2.45, 2.75) is 49.9 Å². The number of nitrogens with one attached hydrogen (secondary N) is 4. The molecule has 0 fully saturated rings. The number of hydrogen-bond acceptors (Lipinski definition) is 8. The molecule has 0 aliphatic rings. The van der Waals surface area contributed by atoms with Crippen molar-refractivity contribution in [1.29, 1.82) is 0 Å². The molecule has 0 saturated heterocycles. The summed E-state index contributed by atoms with van der Waals surface area (Å²) in [5.41, 5.74) is 2.38. The summed E-state index contributed by atoms with van der Waals surface area (Å²) in [7, 11) is -3.74. The maximum absolute atomic E-state index is 12.7. The van der Waals surface area contributed by atoms with Crippen molar-refractivity contribution in [2.75, 3.05) is 11.3 Å². The Labute approximate surface area is 266 Å². The van der Waals surface area contributed by atoms with Gasteiger partial charge in [-0.15, -0.1) is 0 Å². The van der Waals surface area contributed by atoms with Crippen LogP contribution in [0.4, 0.5) is 5.69 Å². The lowest BCUT2D eigenvalue weighted by Gasteiger charge is -2.28. The molecule has 5 aromatic rings. The van der Waals surface area contributed by atoms with Crippen LogP contribution in [0.2, 0.25) is 0 Å². The molecule has 0 radical (unpaired) electrons. The maximum atomic E-state index is 12.7. The Hall–Kier alpha value is -4.98. The average Bonchev–Trinajstić information content (AvgIpc) is 3.71. The summed E-state index contributed by atoms with van der Waals surface area (Å²) in [5.74, 6) is 0.0493. The fraction of sp³-hybridized carbons (Fsp3) is 0.242. The third-order valence-corrected chi connectivity index (χ3v) is 8.82. The van der Waals surface area contributed by atoms with E-state index in [0.29, 0.717) is 29.1 Å². The molecular formula is C33H36N6O6S.